The van der Waals surface area contributed by atoms with Gasteiger partial charge in [0, 0.05) is 12.1 Å². The number of hydrogen-bond acceptors (Lipinski definition) is 3. The fourth-order valence-electron chi connectivity index (χ4n) is 2.71. The average Bonchev–Trinajstić information content (AvgIpc) is 2.80. The molecule has 0 aromatic carbocycles. The van der Waals surface area contributed by atoms with Crippen molar-refractivity contribution >= 4 is 0 Å². The molecule has 0 bridgehead atoms. The van der Waals surface area contributed by atoms with E-state index in [1.54, 1.807) is 18.0 Å². The number of hydrogen-bond donors (Lipinski definition) is 0. The standard InChI is InChI=1S/C12H17F3N2O/c1-17(8-9-6-7-16-18-9)11-5-3-2-4-10(11)12(13,14)15/h6-7,10-11H,2-5,8H2,1H3/t10-,11+/m1/s1. The van der Waals surface area contributed by atoms with Crippen LogP contribution in [0.2, 0.25) is 0 Å². The maximum absolute atomic E-state index is 13.0. The summed E-state index contributed by atoms with van der Waals surface area (Å²) in [6.45, 7) is 0.372. The van der Waals surface area contributed by atoms with Gasteiger partial charge in [-0.2, -0.15) is 13.2 Å². The zero-order valence-corrected chi connectivity index (χ0v) is 10.3. The molecule has 0 N–H and O–H groups in total. The Labute approximate surface area is 104 Å². The smallest absolute Gasteiger partial charge is 0.360 e. The molecule has 0 saturated heterocycles. The van der Waals surface area contributed by atoms with Crippen LogP contribution in [0.15, 0.2) is 16.8 Å². The number of alkyl halides is 3. The SMILES string of the molecule is CN(Cc1ccno1)[C@H]1CCCC[C@H]1C(F)(F)F. The highest BCUT2D eigenvalue weighted by Gasteiger charge is 2.46. The molecule has 6 heteroatoms. The minimum absolute atomic E-state index is 0.231. The summed E-state index contributed by atoms with van der Waals surface area (Å²) in [5.41, 5.74) is 0. The van der Waals surface area contributed by atoms with Crippen LogP contribution in [0, 0.1) is 5.92 Å². The van der Waals surface area contributed by atoms with Crippen LogP contribution in [-0.2, 0) is 6.54 Å². The molecule has 0 aliphatic heterocycles. The summed E-state index contributed by atoms with van der Waals surface area (Å²) >= 11 is 0. The van der Waals surface area contributed by atoms with Gasteiger partial charge >= 0.3 is 6.18 Å². The second kappa shape index (κ2) is 5.30. The second-order valence-electron chi connectivity index (χ2n) is 4.89. The minimum atomic E-state index is -4.11. The molecule has 3 nitrogen and oxygen atoms in total. The Kier molecular flexibility index (Phi) is 3.94. The molecule has 1 fully saturated rings. The third-order valence-corrected chi connectivity index (χ3v) is 3.61. The van der Waals surface area contributed by atoms with Crippen LogP contribution in [0.25, 0.3) is 0 Å². The Bertz CT molecular complexity index is 364. The lowest BCUT2D eigenvalue weighted by molar-refractivity contribution is -0.198. The lowest BCUT2D eigenvalue weighted by Gasteiger charge is -2.38. The molecule has 1 saturated carbocycles. The van der Waals surface area contributed by atoms with Crippen molar-refractivity contribution in [2.24, 2.45) is 5.92 Å². The molecule has 1 aromatic rings. The lowest BCUT2D eigenvalue weighted by atomic mass is 9.83. The lowest BCUT2D eigenvalue weighted by Crippen LogP contribution is -2.45. The van der Waals surface area contributed by atoms with Gasteiger partial charge in [0.15, 0.2) is 5.76 Å². The van der Waals surface area contributed by atoms with E-state index in [2.05, 4.69) is 5.16 Å². The number of aromatic nitrogens is 1. The second-order valence-corrected chi connectivity index (χ2v) is 4.89. The number of nitrogens with zero attached hydrogens (tertiary/aromatic N) is 2. The maximum Gasteiger partial charge on any atom is 0.393 e. The Morgan fingerprint density at radius 2 is 2.11 bits per heavy atom. The zero-order chi connectivity index (χ0) is 13.2. The molecule has 1 aromatic heterocycles. The van der Waals surface area contributed by atoms with Gasteiger partial charge in [-0.15, -0.1) is 0 Å². The van der Waals surface area contributed by atoms with Gasteiger partial charge in [-0.25, -0.2) is 0 Å². The molecule has 0 radical (unpaired) electrons. The Hall–Kier alpha value is -1.04. The van der Waals surface area contributed by atoms with Crippen molar-refractivity contribution in [3.63, 3.8) is 0 Å². The Morgan fingerprint density at radius 3 is 2.72 bits per heavy atom. The van der Waals surface area contributed by atoms with Crippen molar-refractivity contribution in [2.75, 3.05) is 7.05 Å². The summed E-state index contributed by atoms with van der Waals surface area (Å²) in [6.07, 6.45) is -0.259. The van der Waals surface area contributed by atoms with E-state index in [-0.39, 0.29) is 6.42 Å². The topological polar surface area (TPSA) is 29.3 Å². The molecule has 2 atom stereocenters. The zero-order valence-electron chi connectivity index (χ0n) is 10.3. The summed E-state index contributed by atoms with van der Waals surface area (Å²) in [4.78, 5) is 1.73. The number of rotatable bonds is 3. The van der Waals surface area contributed by atoms with Crippen LogP contribution < -0.4 is 0 Å². The quantitative estimate of drug-likeness (QED) is 0.837. The Balaban J connectivity index is 2.04. The molecular formula is C12H17F3N2O. The Morgan fingerprint density at radius 1 is 1.39 bits per heavy atom. The van der Waals surface area contributed by atoms with Crippen LogP contribution in [0.5, 0.6) is 0 Å². The van der Waals surface area contributed by atoms with Crippen LogP contribution in [-0.4, -0.2) is 29.3 Å². The molecular weight excluding hydrogens is 245 g/mol. The van der Waals surface area contributed by atoms with Gasteiger partial charge in [-0.1, -0.05) is 18.0 Å². The monoisotopic (exact) mass is 262 g/mol. The molecule has 1 heterocycles. The van der Waals surface area contributed by atoms with Crippen molar-refractivity contribution < 1.29 is 17.7 Å². The molecule has 0 unspecified atom stereocenters. The first-order chi connectivity index (χ1) is 8.48. The van der Waals surface area contributed by atoms with E-state index >= 15 is 0 Å². The van der Waals surface area contributed by atoms with E-state index in [1.165, 1.54) is 6.20 Å². The summed E-state index contributed by atoms with van der Waals surface area (Å²) in [5, 5.41) is 3.56. The molecule has 1 aliphatic rings. The highest BCUT2D eigenvalue weighted by molar-refractivity contribution is 4.95. The maximum atomic E-state index is 13.0. The predicted octanol–water partition coefficient (Wildman–Crippen LogP) is 3.23. The molecule has 102 valence electrons. The fraction of sp³-hybridized carbons (Fsp3) is 0.750. The van der Waals surface area contributed by atoms with E-state index in [9.17, 15) is 13.2 Å². The summed E-state index contributed by atoms with van der Waals surface area (Å²) in [5.74, 6) is -0.622. The third-order valence-electron chi connectivity index (χ3n) is 3.61. The van der Waals surface area contributed by atoms with E-state index in [4.69, 9.17) is 4.52 Å². The highest BCUT2D eigenvalue weighted by atomic mass is 19.4. The van der Waals surface area contributed by atoms with Crippen molar-refractivity contribution in [2.45, 2.75) is 44.4 Å². The van der Waals surface area contributed by atoms with E-state index < -0.39 is 18.1 Å². The van der Waals surface area contributed by atoms with Crippen LogP contribution in [0.1, 0.15) is 31.4 Å². The number of halogens is 3. The van der Waals surface area contributed by atoms with Crippen molar-refractivity contribution in [3.05, 3.63) is 18.0 Å². The largest absolute Gasteiger partial charge is 0.393 e. The van der Waals surface area contributed by atoms with Crippen molar-refractivity contribution in [3.8, 4) is 0 Å². The van der Waals surface area contributed by atoms with Crippen molar-refractivity contribution in [1.29, 1.82) is 0 Å². The summed E-state index contributed by atoms with van der Waals surface area (Å²) in [6, 6.07) is 1.23. The summed E-state index contributed by atoms with van der Waals surface area (Å²) < 4.78 is 43.8. The fourth-order valence-corrected chi connectivity index (χ4v) is 2.71. The first kappa shape index (κ1) is 13.4. The minimum Gasteiger partial charge on any atom is -0.360 e. The predicted molar refractivity (Wildman–Crippen MR) is 59.8 cm³/mol. The normalized spacial score (nSPS) is 25.6. The molecule has 0 spiro atoms. The van der Waals surface area contributed by atoms with Crippen molar-refractivity contribution in [1.82, 2.24) is 10.1 Å². The van der Waals surface area contributed by atoms with Crippen LogP contribution in [0.3, 0.4) is 0 Å². The molecule has 1 aliphatic carbocycles. The highest BCUT2D eigenvalue weighted by Crippen LogP contribution is 2.39. The van der Waals surface area contributed by atoms with Gasteiger partial charge in [-0.3, -0.25) is 4.90 Å². The average molecular weight is 262 g/mol. The van der Waals surface area contributed by atoms with Gasteiger partial charge in [0.1, 0.15) is 0 Å². The van der Waals surface area contributed by atoms with Crippen LogP contribution >= 0.6 is 0 Å². The first-order valence-electron chi connectivity index (χ1n) is 6.15. The summed E-state index contributed by atoms with van der Waals surface area (Å²) in [7, 11) is 1.72. The van der Waals surface area contributed by atoms with E-state index in [0.717, 1.165) is 6.42 Å². The molecule has 2 rings (SSSR count). The third kappa shape index (κ3) is 3.04. The van der Waals surface area contributed by atoms with Gasteiger partial charge in [-0.05, 0) is 19.9 Å². The van der Waals surface area contributed by atoms with Gasteiger partial charge in [0.05, 0.1) is 18.7 Å². The van der Waals surface area contributed by atoms with Gasteiger partial charge in [0.25, 0.3) is 0 Å². The van der Waals surface area contributed by atoms with E-state index in [0.29, 0.717) is 25.1 Å². The van der Waals surface area contributed by atoms with Crippen LogP contribution in [0.4, 0.5) is 13.2 Å². The molecule has 0 amide bonds. The van der Waals surface area contributed by atoms with Gasteiger partial charge in [0.2, 0.25) is 0 Å². The first-order valence-corrected chi connectivity index (χ1v) is 6.15. The molecule has 18 heavy (non-hydrogen) atoms. The van der Waals surface area contributed by atoms with E-state index in [1.807, 2.05) is 0 Å². The van der Waals surface area contributed by atoms with Gasteiger partial charge < -0.3 is 4.52 Å².